The van der Waals surface area contributed by atoms with Gasteiger partial charge in [0.2, 0.25) is 0 Å². The van der Waals surface area contributed by atoms with Gasteiger partial charge in [0.25, 0.3) is 0 Å². The third-order valence-electron chi connectivity index (χ3n) is 13.2. The number of nitrogens with zero attached hydrogens (tertiary/aromatic N) is 1. The number of hydrogen-bond acceptors (Lipinski definition) is 3. The fraction of sp³-hybridized carbons (Fsp3) is 0.281. The van der Waals surface area contributed by atoms with Crippen molar-refractivity contribution < 1.29 is 0 Å². The lowest BCUT2D eigenvalue weighted by atomic mass is 9.84. The second-order valence-electron chi connectivity index (χ2n) is 17.3. The Morgan fingerprint density at radius 1 is 0.483 bits per heavy atom. The molecule has 0 saturated carbocycles. The minimum Gasteiger partial charge on any atom is -0.377 e. The minimum absolute atomic E-state index is 0.0355. The van der Waals surface area contributed by atoms with Crippen molar-refractivity contribution in [2.45, 2.75) is 105 Å². The molecule has 2 aliphatic rings. The van der Waals surface area contributed by atoms with E-state index in [0.29, 0.717) is 0 Å². The van der Waals surface area contributed by atoms with Crippen molar-refractivity contribution in [3.8, 4) is 44.5 Å². The van der Waals surface area contributed by atoms with Crippen LogP contribution in [0.25, 0.3) is 44.5 Å². The molecule has 7 aromatic rings. The Kier molecular flexibility index (Phi) is 11.2. The Hall–Kier alpha value is -5.93. The van der Waals surface area contributed by atoms with Crippen LogP contribution in [0.1, 0.15) is 109 Å². The molecule has 2 N–H and O–H groups in total. The maximum Gasteiger partial charge on any atom is 0.0657 e. The summed E-state index contributed by atoms with van der Waals surface area (Å²) in [6, 6.07) is 48.3. The van der Waals surface area contributed by atoms with Gasteiger partial charge in [0, 0.05) is 16.9 Å². The van der Waals surface area contributed by atoms with E-state index in [0.717, 1.165) is 56.3 Å². The zero-order chi connectivity index (χ0) is 41.3. The van der Waals surface area contributed by atoms with E-state index in [4.69, 9.17) is 4.98 Å². The fourth-order valence-electron chi connectivity index (χ4n) is 10.2. The molecular formula is C57H59N3. The smallest absolute Gasteiger partial charge is 0.0657 e. The summed E-state index contributed by atoms with van der Waals surface area (Å²) in [5.41, 5.74) is 26.2. The van der Waals surface area contributed by atoms with Crippen LogP contribution in [0.2, 0.25) is 0 Å². The first-order chi connectivity index (χ1) is 29.3. The fourth-order valence-corrected chi connectivity index (χ4v) is 10.2. The summed E-state index contributed by atoms with van der Waals surface area (Å²) in [4.78, 5) is 5.36. The molecule has 302 valence electrons. The number of benzene rings is 6. The molecule has 1 aromatic heterocycles. The van der Waals surface area contributed by atoms with Crippen LogP contribution in [0, 0.1) is 13.8 Å². The summed E-state index contributed by atoms with van der Waals surface area (Å²) >= 11 is 0. The van der Waals surface area contributed by atoms with Gasteiger partial charge in [-0.1, -0.05) is 123 Å². The van der Waals surface area contributed by atoms with Gasteiger partial charge in [-0.25, -0.2) is 0 Å². The van der Waals surface area contributed by atoms with Crippen molar-refractivity contribution in [3.05, 3.63) is 183 Å². The number of aryl methyl sites for hydroxylation is 8. The first-order valence-corrected chi connectivity index (χ1v) is 22.5. The Bertz CT molecular complexity index is 2680. The highest BCUT2D eigenvalue weighted by Crippen LogP contribution is 2.47. The van der Waals surface area contributed by atoms with Crippen LogP contribution in [-0.4, -0.2) is 4.98 Å². The molecule has 3 heteroatoms. The van der Waals surface area contributed by atoms with E-state index in [-0.39, 0.29) is 12.1 Å². The highest BCUT2D eigenvalue weighted by atomic mass is 15.0. The predicted octanol–water partition coefficient (Wildman–Crippen LogP) is 14.8. The molecule has 6 aromatic carbocycles. The van der Waals surface area contributed by atoms with Crippen LogP contribution in [0.5, 0.6) is 0 Å². The van der Waals surface area contributed by atoms with Gasteiger partial charge in [0.05, 0.1) is 23.5 Å². The van der Waals surface area contributed by atoms with E-state index in [2.05, 4.69) is 180 Å². The number of anilines is 2. The molecular weight excluding hydrogens is 727 g/mol. The number of pyridine rings is 1. The van der Waals surface area contributed by atoms with Gasteiger partial charge in [0.15, 0.2) is 0 Å². The molecule has 2 atom stereocenters. The molecule has 3 nitrogen and oxygen atoms in total. The first-order valence-electron chi connectivity index (χ1n) is 22.5. The third kappa shape index (κ3) is 7.56. The Labute approximate surface area is 358 Å². The van der Waals surface area contributed by atoms with E-state index >= 15 is 0 Å². The summed E-state index contributed by atoms with van der Waals surface area (Å²) in [6.45, 7) is 13.5. The summed E-state index contributed by atoms with van der Waals surface area (Å²) in [7, 11) is 0. The van der Waals surface area contributed by atoms with Crippen molar-refractivity contribution >= 4 is 11.4 Å². The maximum atomic E-state index is 5.36. The molecule has 0 aliphatic heterocycles. The van der Waals surface area contributed by atoms with Crippen LogP contribution in [0.4, 0.5) is 11.4 Å². The van der Waals surface area contributed by atoms with Crippen molar-refractivity contribution in [2.75, 3.05) is 10.6 Å². The molecule has 0 bridgehead atoms. The molecule has 9 rings (SSSR count). The van der Waals surface area contributed by atoms with Crippen molar-refractivity contribution in [3.63, 3.8) is 0 Å². The molecule has 0 radical (unpaired) electrons. The van der Waals surface area contributed by atoms with E-state index in [1.165, 1.54) is 107 Å². The Morgan fingerprint density at radius 2 is 0.950 bits per heavy atom. The predicted molar refractivity (Wildman–Crippen MR) is 255 cm³/mol. The maximum absolute atomic E-state index is 5.36. The molecule has 0 saturated heterocycles. The van der Waals surface area contributed by atoms with Gasteiger partial charge in [0.1, 0.15) is 0 Å². The minimum atomic E-state index is -0.0355. The lowest BCUT2D eigenvalue weighted by Gasteiger charge is -2.25. The zero-order valence-corrected chi connectivity index (χ0v) is 36.4. The number of nitrogens with one attached hydrogen (secondary N) is 2. The largest absolute Gasteiger partial charge is 0.377 e. The quantitative estimate of drug-likeness (QED) is 0.145. The highest BCUT2D eigenvalue weighted by Gasteiger charge is 2.25. The molecule has 1 heterocycles. The SMILES string of the molecule is CCc1cc(C)cc(CC)c1NC(C)c1cccc(C(C)Nc2c(C)cc(-c3cccc4c3-c3ccccc3CCC4)cc2-c2cccc3c2-c2ccccc2CCC3)n1. The molecule has 0 amide bonds. The summed E-state index contributed by atoms with van der Waals surface area (Å²) in [5, 5.41) is 7.98. The lowest BCUT2D eigenvalue weighted by molar-refractivity contribution is 0.778. The van der Waals surface area contributed by atoms with E-state index in [1.807, 2.05) is 0 Å². The van der Waals surface area contributed by atoms with Crippen LogP contribution >= 0.6 is 0 Å². The first kappa shape index (κ1) is 39.5. The van der Waals surface area contributed by atoms with Gasteiger partial charge in [-0.2, -0.15) is 0 Å². The number of fused-ring (bicyclic) bond motifs is 6. The van der Waals surface area contributed by atoms with Crippen LogP contribution in [0.15, 0.2) is 127 Å². The average molecular weight is 786 g/mol. The normalized spacial score (nSPS) is 14.1. The summed E-state index contributed by atoms with van der Waals surface area (Å²) in [6.07, 6.45) is 8.69. The number of hydrogen-bond donors (Lipinski definition) is 2. The molecule has 0 fully saturated rings. The van der Waals surface area contributed by atoms with E-state index < -0.39 is 0 Å². The van der Waals surface area contributed by atoms with Crippen LogP contribution < -0.4 is 10.6 Å². The Morgan fingerprint density at radius 3 is 1.53 bits per heavy atom. The lowest BCUT2D eigenvalue weighted by Crippen LogP contribution is -2.15. The molecule has 0 spiro atoms. The second kappa shape index (κ2) is 17.0. The summed E-state index contributed by atoms with van der Waals surface area (Å²) < 4.78 is 0. The van der Waals surface area contributed by atoms with Gasteiger partial charge < -0.3 is 10.6 Å². The van der Waals surface area contributed by atoms with Crippen molar-refractivity contribution in [1.82, 2.24) is 4.98 Å². The van der Waals surface area contributed by atoms with Gasteiger partial charge >= 0.3 is 0 Å². The average Bonchev–Trinajstić information content (AvgIpc) is 3.59. The second-order valence-corrected chi connectivity index (χ2v) is 17.3. The number of aromatic nitrogens is 1. The molecule has 2 aliphatic carbocycles. The van der Waals surface area contributed by atoms with E-state index in [9.17, 15) is 0 Å². The van der Waals surface area contributed by atoms with Gasteiger partial charge in [-0.15, -0.1) is 0 Å². The third-order valence-corrected chi connectivity index (χ3v) is 13.2. The van der Waals surface area contributed by atoms with E-state index in [1.54, 1.807) is 0 Å². The Balaban J connectivity index is 1.16. The molecule has 60 heavy (non-hydrogen) atoms. The topological polar surface area (TPSA) is 37.0 Å². The standard InChI is InChI=1S/C57H59N3/c1-7-40-32-36(3)33-41(8-2)57(40)59-39(6)53-31-17-30-52(60-53)38(5)58-56-37(4)34-46(49-28-15-24-44-22-13-20-42-18-9-11-26-47(42)54(44)49)35-51(56)50-29-16-25-45-23-14-21-43-19-10-12-27-48(43)55(45)50/h9-12,15-19,24-35,38-39,58-59H,7-8,13-14,20-23H2,1-6H3. The van der Waals surface area contributed by atoms with Gasteiger partial charge in [-0.05, 0) is 181 Å². The van der Waals surface area contributed by atoms with Crippen LogP contribution in [0.3, 0.4) is 0 Å². The highest BCUT2D eigenvalue weighted by molar-refractivity contribution is 5.97. The molecule has 2 unspecified atom stereocenters. The monoisotopic (exact) mass is 785 g/mol. The number of rotatable bonds is 10. The van der Waals surface area contributed by atoms with Gasteiger partial charge in [-0.3, -0.25) is 4.98 Å². The van der Waals surface area contributed by atoms with Crippen LogP contribution in [-0.2, 0) is 38.5 Å². The van der Waals surface area contributed by atoms with Crippen molar-refractivity contribution in [1.29, 1.82) is 0 Å². The summed E-state index contributed by atoms with van der Waals surface area (Å²) in [5.74, 6) is 0. The zero-order valence-electron chi connectivity index (χ0n) is 36.4. The van der Waals surface area contributed by atoms with Crippen molar-refractivity contribution in [2.24, 2.45) is 0 Å².